The highest BCUT2D eigenvalue weighted by Gasteiger charge is 2.01. The first kappa shape index (κ1) is 16.1. The number of halogens is 2. The summed E-state index contributed by atoms with van der Waals surface area (Å²) in [4.78, 5) is 10.5. The van der Waals surface area contributed by atoms with E-state index in [9.17, 15) is 4.79 Å². The smallest absolute Gasteiger partial charge is 0.332 e. The number of ether oxygens (including phenoxy) is 1. The Hall–Kier alpha value is -2.24. The molecule has 0 aliphatic heterocycles. The van der Waals surface area contributed by atoms with Crippen LogP contribution in [0.25, 0.3) is 0 Å². The number of carbonyl (C=O) groups excluding carboxylic acids is 1. The summed E-state index contributed by atoms with van der Waals surface area (Å²) in [7, 11) is 0. The van der Waals surface area contributed by atoms with Crippen LogP contribution in [0.2, 0.25) is 10.0 Å². The number of hydrazone groups is 1. The first-order chi connectivity index (χ1) is 10.5. The zero-order valence-corrected chi connectivity index (χ0v) is 12.9. The molecule has 0 saturated carbocycles. The maximum atomic E-state index is 10.5. The normalized spacial score (nSPS) is 10.6. The van der Waals surface area contributed by atoms with E-state index >= 15 is 0 Å². The summed E-state index contributed by atoms with van der Waals surface area (Å²) in [6.07, 6.45) is 1.47. The van der Waals surface area contributed by atoms with E-state index in [2.05, 4.69) is 10.5 Å². The Morgan fingerprint density at radius 2 is 2.05 bits per heavy atom. The molecule has 114 valence electrons. The molecule has 0 unspecified atom stereocenters. The fraction of sp³-hybridized carbons (Fsp3) is 0.0667. The number of primary amides is 1. The molecule has 0 bridgehead atoms. The molecule has 2 aromatic carbocycles. The zero-order valence-electron chi connectivity index (χ0n) is 11.4. The molecule has 0 atom stereocenters. The Labute approximate surface area is 137 Å². The number of nitrogens with one attached hydrogen (secondary N) is 1. The molecule has 3 N–H and O–H groups in total. The van der Waals surface area contributed by atoms with Crippen molar-refractivity contribution in [3.05, 3.63) is 63.6 Å². The van der Waals surface area contributed by atoms with Crippen LogP contribution in [0.1, 0.15) is 11.1 Å². The lowest BCUT2D eigenvalue weighted by atomic mass is 10.2. The molecule has 0 aliphatic rings. The van der Waals surface area contributed by atoms with Gasteiger partial charge in [0.2, 0.25) is 0 Å². The molecular formula is C15H13Cl2N3O2. The van der Waals surface area contributed by atoms with Crippen molar-refractivity contribution in [2.75, 3.05) is 0 Å². The molecule has 0 heterocycles. The van der Waals surface area contributed by atoms with Crippen LogP contribution in [0.4, 0.5) is 4.79 Å². The number of hydrogen-bond acceptors (Lipinski definition) is 3. The Morgan fingerprint density at radius 3 is 2.77 bits per heavy atom. The molecule has 22 heavy (non-hydrogen) atoms. The predicted octanol–water partition coefficient (Wildman–Crippen LogP) is 3.57. The van der Waals surface area contributed by atoms with Crippen molar-refractivity contribution in [1.29, 1.82) is 0 Å². The standard InChI is InChI=1S/C15H13Cl2N3O2/c16-13-5-4-11(7-14(13)17)9-22-12-3-1-2-10(6-12)8-19-20-15(18)21/h1-8H,9H2,(H3,18,20,21). The molecule has 0 aliphatic carbocycles. The minimum absolute atomic E-state index is 0.358. The van der Waals surface area contributed by atoms with Gasteiger partial charge in [0.1, 0.15) is 12.4 Å². The lowest BCUT2D eigenvalue weighted by Gasteiger charge is -2.07. The number of hydrogen-bond donors (Lipinski definition) is 2. The highest BCUT2D eigenvalue weighted by molar-refractivity contribution is 6.42. The second kappa shape index (κ2) is 7.68. The van der Waals surface area contributed by atoms with Gasteiger partial charge in [-0.15, -0.1) is 0 Å². The van der Waals surface area contributed by atoms with E-state index in [1.165, 1.54) is 6.21 Å². The predicted molar refractivity (Wildman–Crippen MR) is 87.5 cm³/mol. The average molecular weight is 338 g/mol. The monoisotopic (exact) mass is 337 g/mol. The third-order valence-electron chi connectivity index (χ3n) is 2.64. The molecule has 5 nitrogen and oxygen atoms in total. The maximum absolute atomic E-state index is 10.5. The van der Waals surface area contributed by atoms with Gasteiger partial charge in [-0.2, -0.15) is 5.10 Å². The van der Waals surface area contributed by atoms with Gasteiger partial charge in [0, 0.05) is 0 Å². The molecule has 2 aromatic rings. The van der Waals surface area contributed by atoms with Gasteiger partial charge in [-0.25, -0.2) is 10.2 Å². The van der Waals surface area contributed by atoms with Crippen LogP contribution in [0.15, 0.2) is 47.6 Å². The van der Waals surface area contributed by atoms with E-state index in [0.717, 1.165) is 11.1 Å². The maximum Gasteiger partial charge on any atom is 0.332 e. The highest BCUT2D eigenvalue weighted by atomic mass is 35.5. The summed E-state index contributed by atoms with van der Waals surface area (Å²) in [5.74, 6) is 0.661. The number of nitrogens with two attached hydrogens (primary N) is 1. The van der Waals surface area contributed by atoms with Gasteiger partial charge in [-0.1, -0.05) is 41.4 Å². The van der Waals surface area contributed by atoms with Gasteiger partial charge >= 0.3 is 6.03 Å². The first-order valence-corrected chi connectivity index (χ1v) is 7.05. The van der Waals surface area contributed by atoms with Gasteiger partial charge in [0.25, 0.3) is 0 Å². The lowest BCUT2D eigenvalue weighted by Crippen LogP contribution is -2.24. The Kier molecular flexibility index (Phi) is 5.63. The van der Waals surface area contributed by atoms with Gasteiger partial charge in [0.15, 0.2) is 0 Å². The van der Waals surface area contributed by atoms with E-state index < -0.39 is 6.03 Å². The second-order valence-electron chi connectivity index (χ2n) is 4.34. The van der Waals surface area contributed by atoms with Gasteiger partial charge in [0.05, 0.1) is 16.3 Å². The van der Waals surface area contributed by atoms with E-state index in [1.54, 1.807) is 18.2 Å². The third-order valence-corrected chi connectivity index (χ3v) is 3.37. The topological polar surface area (TPSA) is 76.7 Å². The van der Waals surface area contributed by atoms with Crippen molar-refractivity contribution >= 4 is 35.4 Å². The van der Waals surface area contributed by atoms with Crippen LogP contribution in [-0.2, 0) is 6.61 Å². The molecule has 0 fully saturated rings. The number of carbonyl (C=O) groups is 1. The average Bonchev–Trinajstić information content (AvgIpc) is 2.49. The number of benzene rings is 2. The van der Waals surface area contributed by atoms with Crippen molar-refractivity contribution in [2.45, 2.75) is 6.61 Å². The number of nitrogens with zero attached hydrogens (tertiary/aromatic N) is 1. The van der Waals surface area contributed by atoms with Crippen LogP contribution in [-0.4, -0.2) is 12.2 Å². The molecule has 2 rings (SSSR count). The minimum atomic E-state index is -0.719. The van der Waals surface area contributed by atoms with Crippen molar-refractivity contribution in [3.8, 4) is 5.75 Å². The van der Waals surface area contributed by atoms with Crippen molar-refractivity contribution in [2.24, 2.45) is 10.8 Å². The van der Waals surface area contributed by atoms with Gasteiger partial charge < -0.3 is 10.5 Å². The van der Waals surface area contributed by atoms with Crippen molar-refractivity contribution in [1.82, 2.24) is 5.43 Å². The molecule has 0 aromatic heterocycles. The van der Waals surface area contributed by atoms with Crippen LogP contribution < -0.4 is 15.9 Å². The summed E-state index contributed by atoms with van der Waals surface area (Å²) in [6, 6.07) is 11.8. The van der Waals surface area contributed by atoms with Crippen LogP contribution in [0, 0.1) is 0 Å². The Morgan fingerprint density at radius 1 is 1.23 bits per heavy atom. The Balaban J connectivity index is 1.99. The lowest BCUT2D eigenvalue weighted by molar-refractivity contribution is 0.249. The van der Waals surface area contributed by atoms with Gasteiger partial charge in [-0.3, -0.25) is 0 Å². The highest BCUT2D eigenvalue weighted by Crippen LogP contribution is 2.23. The summed E-state index contributed by atoms with van der Waals surface area (Å²) >= 11 is 11.8. The quantitative estimate of drug-likeness (QED) is 0.646. The molecular weight excluding hydrogens is 325 g/mol. The molecule has 2 amide bonds. The summed E-state index contributed by atoms with van der Waals surface area (Å²) < 4.78 is 5.68. The molecule has 7 heteroatoms. The minimum Gasteiger partial charge on any atom is -0.489 e. The van der Waals surface area contributed by atoms with Crippen LogP contribution in [0.5, 0.6) is 5.75 Å². The zero-order chi connectivity index (χ0) is 15.9. The van der Waals surface area contributed by atoms with Crippen LogP contribution in [0.3, 0.4) is 0 Å². The van der Waals surface area contributed by atoms with E-state index in [4.69, 9.17) is 33.7 Å². The third kappa shape index (κ3) is 4.95. The first-order valence-electron chi connectivity index (χ1n) is 6.30. The van der Waals surface area contributed by atoms with E-state index in [-0.39, 0.29) is 0 Å². The fourth-order valence-corrected chi connectivity index (χ4v) is 1.97. The molecule has 0 radical (unpaired) electrons. The van der Waals surface area contributed by atoms with E-state index in [0.29, 0.717) is 22.4 Å². The Bertz CT molecular complexity index is 705. The number of rotatable bonds is 5. The fourth-order valence-electron chi connectivity index (χ4n) is 1.65. The second-order valence-corrected chi connectivity index (χ2v) is 5.16. The van der Waals surface area contributed by atoms with E-state index in [1.807, 2.05) is 24.3 Å². The number of amides is 2. The number of urea groups is 1. The summed E-state index contributed by atoms with van der Waals surface area (Å²) in [5.41, 5.74) is 8.71. The molecule has 0 saturated heterocycles. The van der Waals surface area contributed by atoms with Gasteiger partial charge in [-0.05, 0) is 35.4 Å². The largest absolute Gasteiger partial charge is 0.489 e. The van der Waals surface area contributed by atoms with Crippen LogP contribution >= 0.6 is 23.2 Å². The van der Waals surface area contributed by atoms with Crippen molar-refractivity contribution in [3.63, 3.8) is 0 Å². The van der Waals surface area contributed by atoms with Crippen molar-refractivity contribution < 1.29 is 9.53 Å². The molecule has 0 spiro atoms. The SMILES string of the molecule is NC(=O)NN=Cc1cccc(OCc2ccc(Cl)c(Cl)c2)c1. The summed E-state index contributed by atoms with van der Waals surface area (Å²) in [6.45, 7) is 0.358. The summed E-state index contributed by atoms with van der Waals surface area (Å²) in [5, 5.41) is 4.68.